The Bertz CT molecular complexity index is 439. The quantitative estimate of drug-likeness (QED) is 0.733. The summed E-state index contributed by atoms with van der Waals surface area (Å²) in [4.78, 5) is 7.15. The highest BCUT2D eigenvalue weighted by Gasteiger charge is 2.08. The van der Waals surface area contributed by atoms with Crippen LogP contribution in [0.25, 0.3) is 0 Å². The number of phenolic OH excluding ortho intramolecular Hbond substituents is 1. The fourth-order valence-electron chi connectivity index (χ4n) is 1.61. The standard InChI is InChI=1S/C12H15N3O/c1-9(10-4-2-3-5-11(10)16)15-8-12-13-6-7-14-12/h2-7,9,15-16H,8H2,1H3,(H,13,14). The third-order valence-corrected chi connectivity index (χ3v) is 2.53. The van der Waals surface area contributed by atoms with Crippen LogP contribution in [0.3, 0.4) is 0 Å². The maximum absolute atomic E-state index is 9.67. The molecule has 4 heteroatoms. The number of nitrogens with zero attached hydrogens (tertiary/aromatic N) is 1. The third-order valence-electron chi connectivity index (χ3n) is 2.53. The number of phenols is 1. The number of H-pyrrole nitrogens is 1. The topological polar surface area (TPSA) is 60.9 Å². The Morgan fingerprint density at radius 3 is 2.94 bits per heavy atom. The van der Waals surface area contributed by atoms with E-state index in [2.05, 4.69) is 15.3 Å². The van der Waals surface area contributed by atoms with Gasteiger partial charge in [0, 0.05) is 24.0 Å². The van der Waals surface area contributed by atoms with Crippen molar-refractivity contribution in [3.63, 3.8) is 0 Å². The minimum atomic E-state index is 0.0892. The zero-order chi connectivity index (χ0) is 11.4. The van der Waals surface area contributed by atoms with Gasteiger partial charge in [-0.05, 0) is 13.0 Å². The molecule has 0 saturated heterocycles. The van der Waals surface area contributed by atoms with E-state index in [1.54, 1.807) is 18.5 Å². The molecule has 1 aromatic carbocycles. The van der Waals surface area contributed by atoms with E-state index >= 15 is 0 Å². The maximum atomic E-state index is 9.67. The summed E-state index contributed by atoms with van der Waals surface area (Å²) in [5.74, 6) is 1.21. The number of benzene rings is 1. The molecule has 0 amide bonds. The largest absolute Gasteiger partial charge is 0.508 e. The van der Waals surface area contributed by atoms with E-state index in [4.69, 9.17) is 0 Å². The number of aromatic hydroxyl groups is 1. The van der Waals surface area contributed by atoms with Gasteiger partial charge in [-0.25, -0.2) is 4.98 Å². The molecule has 0 fully saturated rings. The number of aromatic nitrogens is 2. The van der Waals surface area contributed by atoms with E-state index in [-0.39, 0.29) is 6.04 Å². The average Bonchev–Trinajstić information content (AvgIpc) is 2.79. The Kier molecular flexibility index (Phi) is 3.22. The lowest BCUT2D eigenvalue weighted by molar-refractivity contribution is 0.451. The van der Waals surface area contributed by atoms with Gasteiger partial charge in [-0.15, -0.1) is 0 Å². The summed E-state index contributed by atoms with van der Waals surface area (Å²) in [6, 6.07) is 7.43. The number of hydrogen-bond acceptors (Lipinski definition) is 3. The summed E-state index contributed by atoms with van der Waals surface area (Å²) < 4.78 is 0. The number of hydrogen-bond donors (Lipinski definition) is 3. The van der Waals surface area contributed by atoms with Crippen LogP contribution in [0.4, 0.5) is 0 Å². The molecule has 1 heterocycles. The summed E-state index contributed by atoms with van der Waals surface area (Å²) in [6.07, 6.45) is 3.52. The molecule has 84 valence electrons. The number of rotatable bonds is 4. The van der Waals surface area contributed by atoms with Gasteiger partial charge in [-0.2, -0.15) is 0 Å². The van der Waals surface area contributed by atoms with E-state index in [1.165, 1.54) is 0 Å². The van der Waals surface area contributed by atoms with Gasteiger partial charge in [0.05, 0.1) is 6.54 Å². The van der Waals surface area contributed by atoms with E-state index in [0.717, 1.165) is 11.4 Å². The fraction of sp³-hybridized carbons (Fsp3) is 0.250. The third kappa shape index (κ3) is 2.41. The average molecular weight is 217 g/mol. The highest BCUT2D eigenvalue weighted by molar-refractivity contribution is 5.34. The van der Waals surface area contributed by atoms with Crippen molar-refractivity contribution in [3.8, 4) is 5.75 Å². The Morgan fingerprint density at radius 1 is 1.44 bits per heavy atom. The van der Waals surface area contributed by atoms with Gasteiger partial charge in [0.15, 0.2) is 0 Å². The minimum Gasteiger partial charge on any atom is -0.508 e. The molecule has 0 aliphatic carbocycles. The molecule has 4 nitrogen and oxygen atoms in total. The second-order valence-electron chi connectivity index (χ2n) is 3.70. The molecule has 0 aliphatic heterocycles. The van der Waals surface area contributed by atoms with Gasteiger partial charge >= 0.3 is 0 Å². The maximum Gasteiger partial charge on any atom is 0.120 e. The molecular formula is C12H15N3O. The van der Waals surface area contributed by atoms with Crippen molar-refractivity contribution in [3.05, 3.63) is 48.0 Å². The summed E-state index contributed by atoms with van der Waals surface area (Å²) in [5.41, 5.74) is 0.897. The van der Waals surface area contributed by atoms with E-state index in [9.17, 15) is 5.11 Å². The van der Waals surface area contributed by atoms with E-state index < -0.39 is 0 Å². The first-order valence-electron chi connectivity index (χ1n) is 5.27. The van der Waals surface area contributed by atoms with E-state index in [1.807, 2.05) is 25.1 Å². The molecule has 2 rings (SSSR count). The first-order chi connectivity index (χ1) is 7.77. The normalized spacial score (nSPS) is 12.6. The summed E-state index contributed by atoms with van der Waals surface area (Å²) in [7, 11) is 0. The van der Waals surface area contributed by atoms with Crippen molar-refractivity contribution in [2.45, 2.75) is 19.5 Å². The van der Waals surface area contributed by atoms with Crippen LogP contribution < -0.4 is 5.32 Å². The molecule has 1 aromatic heterocycles. The molecule has 1 atom stereocenters. The predicted octanol–water partition coefficient (Wildman–Crippen LogP) is 1.97. The van der Waals surface area contributed by atoms with Crippen LogP contribution in [-0.2, 0) is 6.54 Å². The molecule has 0 aliphatic rings. The molecule has 2 aromatic rings. The van der Waals surface area contributed by atoms with Crippen LogP contribution in [0.1, 0.15) is 24.4 Å². The Morgan fingerprint density at radius 2 is 2.25 bits per heavy atom. The van der Waals surface area contributed by atoms with Gasteiger partial charge < -0.3 is 15.4 Å². The van der Waals surface area contributed by atoms with Gasteiger partial charge in [-0.3, -0.25) is 0 Å². The fourth-order valence-corrected chi connectivity index (χ4v) is 1.61. The molecule has 0 radical (unpaired) electrons. The van der Waals surface area contributed by atoms with Gasteiger partial charge in [0.1, 0.15) is 11.6 Å². The van der Waals surface area contributed by atoms with Crippen molar-refractivity contribution in [1.29, 1.82) is 0 Å². The van der Waals surface area contributed by atoms with Crippen molar-refractivity contribution in [2.24, 2.45) is 0 Å². The smallest absolute Gasteiger partial charge is 0.120 e. The van der Waals surface area contributed by atoms with Crippen molar-refractivity contribution >= 4 is 0 Å². The Labute approximate surface area is 94.4 Å². The highest BCUT2D eigenvalue weighted by atomic mass is 16.3. The number of aromatic amines is 1. The minimum absolute atomic E-state index is 0.0892. The van der Waals surface area contributed by atoms with E-state index in [0.29, 0.717) is 12.3 Å². The van der Waals surface area contributed by atoms with Gasteiger partial charge in [-0.1, -0.05) is 18.2 Å². The molecule has 3 N–H and O–H groups in total. The van der Waals surface area contributed by atoms with Crippen LogP contribution in [0.2, 0.25) is 0 Å². The lowest BCUT2D eigenvalue weighted by atomic mass is 10.1. The van der Waals surface area contributed by atoms with Crippen LogP contribution in [0, 0.1) is 0 Å². The lowest BCUT2D eigenvalue weighted by Crippen LogP contribution is -2.18. The SMILES string of the molecule is CC(NCc1ncc[nH]1)c1ccccc1O. The van der Waals surface area contributed by atoms with Gasteiger partial charge in [0.25, 0.3) is 0 Å². The Balaban J connectivity index is 1.98. The van der Waals surface area contributed by atoms with Gasteiger partial charge in [0.2, 0.25) is 0 Å². The summed E-state index contributed by atoms with van der Waals surface area (Å²) in [6.45, 7) is 2.67. The predicted molar refractivity (Wildman–Crippen MR) is 61.9 cm³/mol. The molecule has 1 unspecified atom stereocenters. The molecule has 0 saturated carbocycles. The number of para-hydroxylation sites is 1. The molecule has 0 spiro atoms. The van der Waals surface area contributed by atoms with Crippen LogP contribution in [-0.4, -0.2) is 15.1 Å². The van der Waals surface area contributed by atoms with Crippen molar-refractivity contribution in [2.75, 3.05) is 0 Å². The first-order valence-corrected chi connectivity index (χ1v) is 5.27. The van der Waals surface area contributed by atoms with Crippen molar-refractivity contribution < 1.29 is 5.11 Å². The van der Waals surface area contributed by atoms with Crippen LogP contribution in [0.15, 0.2) is 36.7 Å². The van der Waals surface area contributed by atoms with Crippen molar-refractivity contribution in [1.82, 2.24) is 15.3 Å². The molecular weight excluding hydrogens is 202 g/mol. The van der Waals surface area contributed by atoms with Crippen LogP contribution in [0.5, 0.6) is 5.75 Å². The second-order valence-corrected chi connectivity index (χ2v) is 3.70. The number of imidazole rings is 1. The molecule has 0 bridgehead atoms. The first kappa shape index (κ1) is 10.7. The number of nitrogens with one attached hydrogen (secondary N) is 2. The molecule has 16 heavy (non-hydrogen) atoms. The zero-order valence-electron chi connectivity index (χ0n) is 9.14. The summed E-state index contributed by atoms with van der Waals surface area (Å²) >= 11 is 0. The van der Waals surface area contributed by atoms with Crippen LogP contribution >= 0.6 is 0 Å². The highest BCUT2D eigenvalue weighted by Crippen LogP contribution is 2.22. The lowest BCUT2D eigenvalue weighted by Gasteiger charge is -2.14. The Hall–Kier alpha value is -1.81. The zero-order valence-corrected chi connectivity index (χ0v) is 9.14. The monoisotopic (exact) mass is 217 g/mol. The summed E-state index contributed by atoms with van der Waals surface area (Å²) in [5, 5.41) is 13.0. The second kappa shape index (κ2) is 4.81.